The lowest BCUT2D eigenvalue weighted by Gasteiger charge is -2.64. The predicted molar refractivity (Wildman–Crippen MR) is 86.2 cm³/mol. The molecular weight excluding hydrogens is 296 g/mol. The molecule has 2 amide bonds. The molecule has 116 valence electrons. The van der Waals surface area contributed by atoms with Crippen molar-refractivity contribution in [2.75, 3.05) is 19.3 Å². The Morgan fingerprint density at radius 3 is 2.36 bits per heavy atom. The molecule has 1 spiro atoms. The first-order chi connectivity index (χ1) is 10.4. The van der Waals surface area contributed by atoms with Crippen LogP contribution < -0.4 is 0 Å². The van der Waals surface area contributed by atoms with E-state index < -0.39 is 10.4 Å². The summed E-state index contributed by atoms with van der Waals surface area (Å²) in [5.74, 6) is 0.863. The van der Waals surface area contributed by atoms with Gasteiger partial charge in [0.15, 0.2) is 4.99 Å². The average molecular weight is 316 g/mol. The Morgan fingerprint density at radius 2 is 1.77 bits per heavy atom. The topological polar surface area (TPSA) is 40.6 Å². The molecule has 3 fully saturated rings. The molecule has 3 aliphatic rings. The van der Waals surface area contributed by atoms with Gasteiger partial charge in [-0.05, 0) is 25.8 Å². The molecule has 22 heavy (non-hydrogen) atoms. The zero-order chi connectivity index (χ0) is 15.8. The van der Waals surface area contributed by atoms with Crippen LogP contribution in [0.5, 0.6) is 0 Å². The first-order valence-corrected chi connectivity index (χ1v) is 8.66. The highest BCUT2D eigenvalue weighted by Gasteiger charge is 2.75. The maximum atomic E-state index is 12.9. The zero-order valence-corrected chi connectivity index (χ0v) is 13.9. The fraction of sp³-hybridized carbons (Fsp3) is 0.529. The molecule has 0 aliphatic carbocycles. The summed E-state index contributed by atoms with van der Waals surface area (Å²) in [6.07, 6.45) is 0.920. The van der Waals surface area contributed by atoms with Crippen molar-refractivity contribution in [3.05, 3.63) is 35.9 Å². The highest BCUT2D eigenvalue weighted by Crippen LogP contribution is 2.67. The highest BCUT2D eigenvalue weighted by atomic mass is 32.2. The van der Waals surface area contributed by atoms with E-state index in [9.17, 15) is 9.59 Å². The van der Waals surface area contributed by atoms with Crippen molar-refractivity contribution in [2.45, 2.75) is 30.7 Å². The van der Waals surface area contributed by atoms with Crippen molar-refractivity contribution in [1.82, 2.24) is 9.80 Å². The molecule has 3 saturated heterocycles. The number of rotatable bonds is 1. The lowest BCUT2D eigenvalue weighted by Crippen LogP contribution is -2.78. The number of amides is 2. The largest absolute Gasteiger partial charge is 0.312 e. The summed E-state index contributed by atoms with van der Waals surface area (Å²) in [6.45, 7) is 4.21. The van der Waals surface area contributed by atoms with Crippen molar-refractivity contribution in [3.63, 3.8) is 0 Å². The van der Waals surface area contributed by atoms with Gasteiger partial charge >= 0.3 is 0 Å². The number of carbonyl (C=O) groups is 2. The Labute approximate surface area is 134 Å². The minimum atomic E-state index is -0.955. The molecule has 1 aromatic rings. The van der Waals surface area contributed by atoms with Crippen LogP contribution in [-0.2, 0) is 15.0 Å². The van der Waals surface area contributed by atoms with Gasteiger partial charge in [-0.15, -0.1) is 11.8 Å². The summed E-state index contributed by atoms with van der Waals surface area (Å²) in [5, 5.41) is 0. The van der Waals surface area contributed by atoms with Gasteiger partial charge in [0, 0.05) is 19.3 Å². The monoisotopic (exact) mass is 316 g/mol. The quantitative estimate of drug-likeness (QED) is 0.745. The fourth-order valence-electron chi connectivity index (χ4n) is 4.40. The fourth-order valence-corrected chi connectivity index (χ4v) is 6.29. The van der Waals surface area contributed by atoms with Crippen molar-refractivity contribution >= 4 is 23.6 Å². The van der Waals surface area contributed by atoms with Crippen LogP contribution in [0.1, 0.15) is 25.8 Å². The Bertz CT molecular complexity index is 674. The van der Waals surface area contributed by atoms with E-state index in [-0.39, 0.29) is 17.2 Å². The van der Waals surface area contributed by atoms with Gasteiger partial charge in [0.05, 0.1) is 5.41 Å². The third kappa shape index (κ3) is 1.28. The van der Waals surface area contributed by atoms with Crippen molar-refractivity contribution < 1.29 is 9.59 Å². The van der Waals surface area contributed by atoms with E-state index in [2.05, 4.69) is 12.1 Å². The summed E-state index contributed by atoms with van der Waals surface area (Å²) in [6, 6.07) is 10.4. The van der Waals surface area contributed by atoms with Gasteiger partial charge in [-0.25, -0.2) is 0 Å². The molecule has 5 heteroatoms. The Hall–Kier alpha value is -1.49. The van der Waals surface area contributed by atoms with Gasteiger partial charge in [0.1, 0.15) is 5.41 Å². The normalized spacial score (nSPS) is 36.0. The van der Waals surface area contributed by atoms with E-state index >= 15 is 0 Å². The maximum absolute atomic E-state index is 12.9. The highest BCUT2D eigenvalue weighted by molar-refractivity contribution is 8.02. The SMILES string of the molecule is CN1C(=O)C(C)(C)C(=O)N2CCC3(c4ccccc4)CSC123. The van der Waals surface area contributed by atoms with E-state index in [1.807, 2.05) is 35.0 Å². The number of benzene rings is 1. The number of likely N-dealkylation sites (N-methyl/N-ethyl adjacent to an activating group) is 1. The zero-order valence-electron chi connectivity index (χ0n) is 13.1. The van der Waals surface area contributed by atoms with Crippen LogP contribution in [0, 0.1) is 5.41 Å². The van der Waals surface area contributed by atoms with Crippen molar-refractivity contribution in [3.8, 4) is 0 Å². The van der Waals surface area contributed by atoms with Crippen LogP contribution in [0.15, 0.2) is 30.3 Å². The van der Waals surface area contributed by atoms with Crippen LogP contribution in [0.4, 0.5) is 0 Å². The van der Waals surface area contributed by atoms with Gasteiger partial charge in [-0.2, -0.15) is 0 Å². The van der Waals surface area contributed by atoms with Gasteiger partial charge in [0.25, 0.3) is 0 Å². The summed E-state index contributed by atoms with van der Waals surface area (Å²) in [7, 11) is 1.86. The molecule has 0 radical (unpaired) electrons. The summed E-state index contributed by atoms with van der Waals surface area (Å²) in [5.41, 5.74) is 0.154. The van der Waals surface area contributed by atoms with Crippen molar-refractivity contribution in [1.29, 1.82) is 0 Å². The van der Waals surface area contributed by atoms with Crippen LogP contribution in [-0.4, -0.2) is 46.0 Å². The molecule has 2 atom stereocenters. The first-order valence-electron chi connectivity index (χ1n) is 7.68. The Balaban J connectivity index is 1.88. The third-order valence-electron chi connectivity index (χ3n) is 5.67. The average Bonchev–Trinajstić information content (AvgIpc) is 2.73. The Morgan fingerprint density at radius 1 is 1.09 bits per heavy atom. The minimum absolute atomic E-state index is 0.0272. The molecule has 0 bridgehead atoms. The van der Waals surface area contributed by atoms with Crippen LogP contribution in [0.25, 0.3) is 0 Å². The van der Waals surface area contributed by atoms with Gasteiger partial charge in [0.2, 0.25) is 11.8 Å². The van der Waals surface area contributed by atoms with Crippen LogP contribution >= 0.6 is 11.8 Å². The van der Waals surface area contributed by atoms with E-state index in [0.29, 0.717) is 0 Å². The lowest BCUT2D eigenvalue weighted by molar-refractivity contribution is -0.175. The minimum Gasteiger partial charge on any atom is -0.312 e. The van der Waals surface area contributed by atoms with Gasteiger partial charge in [-0.1, -0.05) is 30.3 Å². The summed E-state index contributed by atoms with van der Waals surface area (Å²) < 4.78 is 0. The molecular formula is C17H20N2O2S. The summed E-state index contributed by atoms with van der Waals surface area (Å²) >= 11 is 1.73. The Kier molecular flexibility index (Phi) is 2.62. The van der Waals surface area contributed by atoms with Crippen molar-refractivity contribution in [2.24, 2.45) is 5.41 Å². The second kappa shape index (κ2) is 4.07. The van der Waals surface area contributed by atoms with E-state index in [1.54, 1.807) is 25.6 Å². The number of carbonyl (C=O) groups excluding carboxylic acids is 2. The lowest BCUT2D eigenvalue weighted by atomic mass is 9.75. The second-order valence-corrected chi connectivity index (χ2v) is 8.19. The van der Waals surface area contributed by atoms with E-state index in [1.165, 1.54) is 5.56 Å². The second-order valence-electron chi connectivity index (χ2n) is 7.04. The van der Waals surface area contributed by atoms with E-state index in [4.69, 9.17) is 0 Å². The number of hydrogen-bond acceptors (Lipinski definition) is 3. The molecule has 3 aliphatic heterocycles. The first kappa shape index (κ1) is 14.1. The third-order valence-corrected chi connectivity index (χ3v) is 7.60. The molecule has 0 N–H and O–H groups in total. The molecule has 2 unspecified atom stereocenters. The smallest absolute Gasteiger partial charge is 0.240 e. The molecule has 4 rings (SSSR count). The van der Waals surface area contributed by atoms with Gasteiger partial charge < -0.3 is 9.80 Å². The molecule has 1 aromatic carbocycles. The van der Waals surface area contributed by atoms with E-state index in [0.717, 1.165) is 18.7 Å². The number of hydrogen-bond donors (Lipinski definition) is 0. The van der Waals surface area contributed by atoms with Crippen LogP contribution in [0.2, 0.25) is 0 Å². The number of nitrogens with zero attached hydrogens (tertiary/aromatic N) is 2. The molecule has 0 aromatic heterocycles. The standard InChI is InChI=1S/C17H20N2O2S/c1-15(2)13(20)18(3)17-16(11-22-17,9-10-19(17)14(15)21)12-7-5-4-6-8-12/h4-8H,9-11H2,1-3H3. The molecule has 0 saturated carbocycles. The number of thioether (sulfide) groups is 1. The maximum Gasteiger partial charge on any atom is 0.240 e. The molecule has 3 heterocycles. The summed E-state index contributed by atoms with van der Waals surface area (Å²) in [4.78, 5) is 29.0. The predicted octanol–water partition coefficient (Wildman–Crippen LogP) is 2.06. The van der Waals surface area contributed by atoms with Gasteiger partial charge in [-0.3, -0.25) is 9.59 Å². The van der Waals surface area contributed by atoms with Crippen LogP contribution in [0.3, 0.4) is 0 Å². The molecule has 4 nitrogen and oxygen atoms in total.